The number of thioether (sulfide) groups is 1. The minimum atomic E-state index is -0.313. The SMILES string of the molecule is CC(CC(C)(C#N)NC1CC1)SC1CCCC1. The Labute approximate surface area is 110 Å². The maximum absolute atomic E-state index is 9.35. The van der Waals surface area contributed by atoms with Crippen molar-refractivity contribution in [2.45, 2.75) is 80.9 Å². The molecule has 2 nitrogen and oxygen atoms in total. The van der Waals surface area contributed by atoms with Gasteiger partial charge in [0.15, 0.2) is 0 Å². The molecule has 0 bridgehead atoms. The van der Waals surface area contributed by atoms with Crippen LogP contribution in [0.2, 0.25) is 0 Å². The van der Waals surface area contributed by atoms with E-state index in [0.717, 1.165) is 11.7 Å². The molecule has 0 aromatic heterocycles. The lowest BCUT2D eigenvalue weighted by Crippen LogP contribution is -2.44. The molecule has 0 spiro atoms. The quantitative estimate of drug-likeness (QED) is 0.786. The van der Waals surface area contributed by atoms with Crippen molar-refractivity contribution in [1.29, 1.82) is 5.26 Å². The normalized spacial score (nSPS) is 26.4. The molecule has 1 N–H and O–H groups in total. The molecule has 17 heavy (non-hydrogen) atoms. The molecule has 3 heteroatoms. The third kappa shape index (κ3) is 4.19. The molecule has 2 saturated carbocycles. The van der Waals surface area contributed by atoms with Crippen LogP contribution in [0.15, 0.2) is 0 Å². The molecule has 2 rings (SSSR count). The first kappa shape index (κ1) is 13.2. The molecule has 0 amide bonds. The monoisotopic (exact) mass is 252 g/mol. The van der Waals surface area contributed by atoms with Crippen LogP contribution in [-0.4, -0.2) is 22.1 Å². The fourth-order valence-electron chi connectivity index (χ4n) is 2.79. The number of nitrogens with one attached hydrogen (secondary N) is 1. The van der Waals surface area contributed by atoms with Crippen LogP contribution in [0.1, 0.15) is 58.8 Å². The maximum atomic E-state index is 9.35. The predicted molar refractivity (Wildman–Crippen MR) is 74.1 cm³/mol. The standard InChI is InChI=1S/C14H24N2S/c1-11(17-13-5-3-4-6-13)9-14(2,10-15)16-12-7-8-12/h11-13,16H,3-9H2,1-2H3. The molecule has 0 saturated heterocycles. The molecule has 2 unspecified atom stereocenters. The van der Waals surface area contributed by atoms with Gasteiger partial charge in [0, 0.05) is 16.5 Å². The summed E-state index contributed by atoms with van der Waals surface area (Å²) in [4.78, 5) is 0. The first-order chi connectivity index (χ1) is 8.11. The van der Waals surface area contributed by atoms with E-state index in [1.54, 1.807) is 0 Å². The lowest BCUT2D eigenvalue weighted by molar-refractivity contribution is 0.414. The number of nitriles is 1. The van der Waals surface area contributed by atoms with Crippen LogP contribution in [0.25, 0.3) is 0 Å². The Bertz CT molecular complexity index is 289. The Hall–Kier alpha value is -0.200. The highest BCUT2D eigenvalue weighted by Crippen LogP contribution is 2.35. The van der Waals surface area contributed by atoms with Crippen LogP contribution in [0, 0.1) is 11.3 Å². The molecular weight excluding hydrogens is 228 g/mol. The molecular formula is C14H24N2S. The third-order valence-corrected chi connectivity index (χ3v) is 5.26. The van der Waals surface area contributed by atoms with Gasteiger partial charge in [-0.05, 0) is 39.0 Å². The minimum absolute atomic E-state index is 0.313. The van der Waals surface area contributed by atoms with E-state index in [-0.39, 0.29) is 5.54 Å². The van der Waals surface area contributed by atoms with E-state index in [0.29, 0.717) is 11.3 Å². The fourth-order valence-corrected chi connectivity index (χ4v) is 4.48. The maximum Gasteiger partial charge on any atom is 0.105 e. The van der Waals surface area contributed by atoms with E-state index in [2.05, 4.69) is 37.0 Å². The predicted octanol–water partition coefficient (Wildman–Crippen LogP) is 3.48. The lowest BCUT2D eigenvalue weighted by Gasteiger charge is -2.27. The number of hydrogen-bond acceptors (Lipinski definition) is 3. The number of nitrogens with zero attached hydrogens (tertiary/aromatic N) is 1. The summed E-state index contributed by atoms with van der Waals surface area (Å²) in [7, 11) is 0. The van der Waals surface area contributed by atoms with Gasteiger partial charge in [0.1, 0.15) is 5.54 Å². The molecule has 0 aliphatic heterocycles. The molecule has 2 aliphatic rings. The zero-order valence-corrected chi connectivity index (χ0v) is 11.9. The second-order valence-corrected chi connectivity index (χ2v) is 7.66. The second-order valence-electron chi connectivity index (χ2n) is 5.92. The van der Waals surface area contributed by atoms with Gasteiger partial charge in [-0.1, -0.05) is 19.8 Å². The Morgan fingerprint density at radius 1 is 1.35 bits per heavy atom. The van der Waals surface area contributed by atoms with Crippen LogP contribution < -0.4 is 5.32 Å². The van der Waals surface area contributed by atoms with E-state index < -0.39 is 0 Å². The average Bonchev–Trinajstić information content (AvgIpc) is 2.92. The first-order valence-corrected chi connectivity index (χ1v) is 7.90. The summed E-state index contributed by atoms with van der Waals surface area (Å²) in [6.07, 6.45) is 9.05. The summed E-state index contributed by atoms with van der Waals surface area (Å²) >= 11 is 2.11. The van der Waals surface area contributed by atoms with Crippen molar-refractivity contribution in [3.63, 3.8) is 0 Å². The van der Waals surface area contributed by atoms with Crippen molar-refractivity contribution >= 4 is 11.8 Å². The highest BCUT2D eigenvalue weighted by molar-refractivity contribution is 8.00. The summed E-state index contributed by atoms with van der Waals surface area (Å²) in [5, 5.41) is 14.3. The van der Waals surface area contributed by atoms with Crippen molar-refractivity contribution in [2.75, 3.05) is 0 Å². The van der Waals surface area contributed by atoms with Crippen molar-refractivity contribution in [1.82, 2.24) is 5.32 Å². The van der Waals surface area contributed by atoms with E-state index in [1.165, 1.54) is 38.5 Å². The van der Waals surface area contributed by atoms with E-state index in [4.69, 9.17) is 0 Å². The zero-order chi connectivity index (χ0) is 12.3. The molecule has 0 radical (unpaired) electrons. The van der Waals surface area contributed by atoms with Gasteiger partial charge in [0.25, 0.3) is 0 Å². The van der Waals surface area contributed by atoms with Crippen molar-refractivity contribution in [3.8, 4) is 6.07 Å². The highest BCUT2D eigenvalue weighted by Gasteiger charge is 2.34. The summed E-state index contributed by atoms with van der Waals surface area (Å²) in [5.74, 6) is 0. The minimum Gasteiger partial charge on any atom is -0.297 e. The summed E-state index contributed by atoms with van der Waals surface area (Å²) in [6, 6.07) is 3.10. The Morgan fingerprint density at radius 2 is 2.00 bits per heavy atom. The van der Waals surface area contributed by atoms with Gasteiger partial charge in [0.2, 0.25) is 0 Å². The van der Waals surface area contributed by atoms with E-state index in [1.807, 2.05) is 0 Å². The molecule has 2 fully saturated rings. The van der Waals surface area contributed by atoms with Crippen molar-refractivity contribution < 1.29 is 0 Å². The van der Waals surface area contributed by atoms with Crippen LogP contribution in [0.4, 0.5) is 0 Å². The fraction of sp³-hybridized carbons (Fsp3) is 0.929. The second kappa shape index (κ2) is 5.63. The molecule has 96 valence electrons. The zero-order valence-electron chi connectivity index (χ0n) is 11.0. The Balaban J connectivity index is 1.77. The topological polar surface area (TPSA) is 35.8 Å². The summed E-state index contributed by atoms with van der Waals surface area (Å²) < 4.78 is 0. The molecule has 0 aromatic carbocycles. The average molecular weight is 252 g/mol. The van der Waals surface area contributed by atoms with Gasteiger partial charge < -0.3 is 0 Å². The third-order valence-electron chi connectivity index (χ3n) is 3.77. The van der Waals surface area contributed by atoms with Crippen molar-refractivity contribution in [3.05, 3.63) is 0 Å². The van der Waals surface area contributed by atoms with Crippen LogP contribution >= 0.6 is 11.8 Å². The van der Waals surface area contributed by atoms with Crippen molar-refractivity contribution in [2.24, 2.45) is 0 Å². The largest absolute Gasteiger partial charge is 0.297 e. The Morgan fingerprint density at radius 3 is 2.53 bits per heavy atom. The van der Waals surface area contributed by atoms with E-state index >= 15 is 0 Å². The number of hydrogen-bond donors (Lipinski definition) is 1. The van der Waals surface area contributed by atoms with Gasteiger partial charge in [-0.25, -0.2) is 0 Å². The Kier molecular flexibility index (Phi) is 4.38. The first-order valence-electron chi connectivity index (χ1n) is 6.96. The van der Waals surface area contributed by atoms with Gasteiger partial charge in [-0.15, -0.1) is 0 Å². The molecule has 0 heterocycles. The van der Waals surface area contributed by atoms with Gasteiger partial charge >= 0.3 is 0 Å². The van der Waals surface area contributed by atoms with Crippen LogP contribution in [0.3, 0.4) is 0 Å². The van der Waals surface area contributed by atoms with Gasteiger partial charge in [0.05, 0.1) is 6.07 Å². The summed E-state index contributed by atoms with van der Waals surface area (Å²) in [6.45, 7) is 4.35. The molecule has 2 atom stereocenters. The molecule has 2 aliphatic carbocycles. The smallest absolute Gasteiger partial charge is 0.105 e. The summed E-state index contributed by atoms with van der Waals surface area (Å²) in [5.41, 5.74) is -0.313. The van der Waals surface area contributed by atoms with Crippen LogP contribution in [0.5, 0.6) is 0 Å². The number of rotatable bonds is 6. The molecule has 0 aromatic rings. The highest BCUT2D eigenvalue weighted by atomic mass is 32.2. The van der Waals surface area contributed by atoms with E-state index in [9.17, 15) is 5.26 Å². The van der Waals surface area contributed by atoms with Crippen LogP contribution in [-0.2, 0) is 0 Å². The van der Waals surface area contributed by atoms with Gasteiger partial charge in [-0.3, -0.25) is 5.32 Å². The van der Waals surface area contributed by atoms with Gasteiger partial charge in [-0.2, -0.15) is 17.0 Å². The lowest BCUT2D eigenvalue weighted by atomic mass is 9.98.